The fraction of sp³-hybridized carbons (Fsp3) is 0.308. The molecule has 0 saturated heterocycles. The number of hydrogen-bond donors (Lipinski definition) is 2. The van der Waals surface area contributed by atoms with Gasteiger partial charge in [-0.25, -0.2) is 0 Å². The molecule has 0 aliphatic carbocycles. The van der Waals surface area contributed by atoms with Gasteiger partial charge in [0.1, 0.15) is 10.5 Å². The van der Waals surface area contributed by atoms with E-state index in [1.165, 1.54) is 23.9 Å². The number of carboxylic acids is 1. The molecule has 0 unspecified atom stereocenters. The third kappa shape index (κ3) is 8.18. The highest BCUT2D eigenvalue weighted by Gasteiger charge is 2.28. The molecule has 1 heterocycles. The van der Waals surface area contributed by atoms with Crippen molar-refractivity contribution < 1.29 is 19.4 Å². The first-order chi connectivity index (χ1) is 16.9. The number of nitrogens with zero attached hydrogens (tertiary/aromatic N) is 1. The average molecular weight is 570 g/mol. The van der Waals surface area contributed by atoms with Gasteiger partial charge in [0, 0.05) is 16.5 Å². The summed E-state index contributed by atoms with van der Waals surface area (Å²) in [6.07, 6.45) is 4.74. The van der Waals surface area contributed by atoms with Gasteiger partial charge in [-0.2, -0.15) is 0 Å². The third-order valence-corrected chi connectivity index (χ3v) is 7.29. The molecule has 0 bridgehead atoms. The van der Waals surface area contributed by atoms with Gasteiger partial charge >= 0.3 is 5.97 Å². The lowest BCUT2D eigenvalue weighted by Gasteiger charge is -2.25. The van der Waals surface area contributed by atoms with Gasteiger partial charge < -0.3 is 15.2 Å². The number of carbonyl (C=O) groups excluding carboxylic acids is 1. The van der Waals surface area contributed by atoms with E-state index in [9.17, 15) is 14.7 Å². The van der Waals surface area contributed by atoms with Crippen molar-refractivity contribution in [2.45, 2.75) is 43.4 Å². The number of anilines is 1. The predicted molar refractivity (Wildman–Crippen MR) is 147 cm³/mol. The van der Waals surface area contributed by atoms with Gasteiger partial charge in [0.05, 0.1) is 34.6 Å². The van der Waals surface area contributed by atoms with Crippen LogP contribution in [0, 0.1) is 0 Å². The zero-order valence-electron chi connectivity index (χ0n) is 20.1. The zero-order valence-corrected chi connectivity index (χ0v) is 23.2. The average Bonchev–Trinajstić information content (AvgIpc) is 2.77. The van der Waals surface area contributed by atoms with Crippen LogP contribution in [0.3, 0.4) is 0 Å². The van der Waals surface area contributed by atoms with E-state index in [0.29, 0.717) is 23.8 Å². The Balaban J connectivity index is 1.73. The number of carboxylic acid groups (broad SMARTS) is 1. The number of halogens is 3. The van der Waals surface area contributed by atoms with Crippen LogP contribution < -0.4 is 5.32 Å². The smallest absolute Gasteiger partial charge is 0.319 e. The van der Waals surface area contributed by atoms with Crippen molar-refractivity contribution in [2.75, 3.05) is 18.4 Å². The van der Waals surface area contributed by atoms with Crippen LogP contribution in [-0.4, -0.2) is 39.7 Å². The highest BCUT2D eigenvalue weighted by atomic mass is 35.5. The number of hydrogen-bond acceptors (Lipinski definition) is 5. The van der Waals surface area contributed by atoms with Gasteiger partial charge in [-0.15, -0.1) is 11.8 Å². The fourth-order valence-corrected chi connectivity index (χ4v) is 5.29. The maximum absolute atomic E-state index is 12.9. The number of thioether (sulfide) groups is 1. The molecule has 10 heteroatoms. The van der Waals surface area contributed by atoms with Crippen molar-refractivity contribution >= 4 is 64.1 Å². The quantitative estimate of drug-likeness (QED) is 0.293. The summed E-state index contributed by atoms with van der Waals surface area (Å²) in [6, 6.07) is 10.7. The van der Waals surface area contributed by atoms with Crippen LogP contribution in [0.2, 0.25) is 15.1 Å². The molecular formula is C26H27Cl3N2O4S. The Kier molecular flexibility index (Phi) is 9.78. The molecule has 1 aliphatic heterocycles. The molecule has 0 aromatic heterocycles. The molecule has 2 aromatic rings. The molecule has 192 valence electrons. The molecular weight excluding hydrogens is 543 g/mol. The van der Waals surface area contributed by atoms with E-state index in [1.54, 1.807) is 13.8 Å². The van der Waals surface area contributed by atoms with Gasteiger partial charge in [-0.1, -0.05) is 46.9 Å². The number of allylic oxidation sites excluding steroid dienone is 3. The van der Waals surface area contributed by atoms with E-state index in [1.807, 2.05) is 48.2 Å². The van der Waals surface area contributed by atoms with E-state index in [0.717, 1.165) is 28.4 Å². The molecule has 36 heavy (non-hydrogen) atoms. The van der Waals surface area contributed by atoms with E-state index in [-0.39, 0.29) is 22.5 Å². The van der Waals surface area contributed by atoms with Crippen LogP contribution in [0.25, 0.3) is 0 Å². The lowest BCUT2D eigenvalue weighted by Crippen LogP contribution is -2.35. The zero-order chi connectivity index (χ0) is 26.5. The topological polar surface area (TPSA) is 78.9 Å². The Hall–Kier alpha value is -2.16. The van der Waals surface area contributed by atoms with E-state index in [2.05, 4.69) is 5.32 Å². The number of nitrogens with one attached hydrogen (secondary N) is 1. The molecule has 0 spiro atoms. The summed E-state index contributed by atoms with van der Waals surface area (Å²) >= 11 is 19.7. The minimum atomic E-state index is -0.938. The van der Waals surface area contributed by atoms with E-state index in [4.69, 9.17) is 39.5 Å². The van der Waals surface area contributed by atoms with E-state index < -0.39 is 10.7 Å². The molecule has 0 atom stereocenters. The number of aliphatic carboxylic acids is 1. The van der Waals surface area contributed by atoms with Crippen LogP contribution in [0.15, 0.2) is 65.0 Å². The predicted octanol–water partition coefficient (Wildman–Crippen LogP) is 7.25. The first-order valence-corrected chi connectivity index (χ1v) is 13.1. The molecule has 0 saturated carbocycles. The van der Waals surface area contributed by atoms with Crippen LogP contribution >= 0.6 is 46.6 Å². The lowest BCUT2D eigenvalue weighted by atomic mass is 10.2. The monoisotopic (exact) mass is 568 g/mol. The highest BCUT2D eigenvalue weighted by molar-refractivity contribution is 8.01. The number of benzene rings is 2. The van der Waals surface area contributed by atoms with Gasteiger partial charge in [0.15, 0.2) is 0 Å². The van der Waals surface area contributed by atoms with Gasteiger partial charge in [-0.05, 0) is 69.2 Å². The van der Waals surface area contributed by atoms with Crippen LogP contribution in [0.5, 0.6) is 0 Å². The Bertz CT molecular complexity index is 1170. The van der Waals surface area contributed by atoms with Crippen LogP contribution in [-0.2, 0) is 20.9 Å². The molecule has 0 radical (unpaired) electrons. The minimum absolute atomic E-state index is 0.0568. The van der Waals surface area contributed by atoms with E-state index >= 15 is 0 Å². The summed E-state index contributed by atoms with van der Waals surface area (Å²) in [5.41, 5.74) is 1.27. The third-order valence-electron chi connectivity index (χ3n) is 5.28. The van der Waals surface area contributed by atoms with Gasteiger partial charge in [0.2, 0.25) is 5.91 Å². The van der Waals surface area contributed by atoms with Crippen molar-refractivity contribution in [3.05, 3.63) is 80.7 Å². The molecule has 1 aliphatic rings. The van der Waals surface area contributed by atoms with Crippen molar-refractivity contribution in [3.8, 4) is 0 Å². The maximum atomic E-state index is 12.9. The summed E-state index contributed by atoms with van der Waals surface area (Å²) in [6.45, 7) is 6.17. The number of amides is 1. The van der Waals surface area contributed by atoms with Crippen LogP contribution in [0.1, 0.15) is 32.8 Å². The Labute approximate surface area is 230 Å². The van der Waals surface area contributed by atoms with Crippen molar-refractivity contribution in [3.63, 3.8) is 0 Å². The Morgan fingerprint density at radius 1 is 1.08 bits per heavy atom. The molecule has 0 fully saturated rings. The summed E-state index contributed by atoms with van der Waals surface area (Å²) in [7, 11) is 0. The van der Waals surface area contributed by atoms with Gasteiger partial charge in [-0.3, -0.25) is 14.5 Å². The molecule has 2 aromatic carbocycles. The first-order valence-electron chi connectivity index (χ1n) is 11.1. The second-order valence-corrected chi connectivity index (χ2v) is 11.8. The summed E-state index contributed by atoms with van der Waals surface area (Å²) in [4.78, 5) is 27.2. The number of carbonyl (C=O) groups is 2. The largest absolute Gasteiger partial charge is 0.480 e. The van der Waals surface area contributed by atoms with Gasteiger partial charge in [0.25, 0.3) is 0 Å². The fourth-order valence-electron chi connectivity index (χ4n) is 3.43. The molecule has 6 nitrogen and oxygen atoms in total. The van der Waals surface area contributed by atoms with Crippen molar-refractivity contribution in [1.29, 1.82) is 0 Å². The Morgan fingerprint density at radius 2 is 1.72 bits per heavy atom. The standard InChI is InChI=1S/C26H27Cl3N2O4S/c1-16-5-4-6-19(35-16)14-31(15-23(32)30-24-21(28)11-18(27)12-22(24)29)13-17-7-9-20(10-8-17)36-26(2,3)25(33)34/h5-12H,4,13-15H2,1-3H3,(H,30,32)(H,33,34). The van der Waals surface area contributed by atoms with Crippen molar-refractivity contribution in [1.82, 2.24) is 4.90 Å². The Morgan fingerprint density at radius 3 is 2.31 bits per heavy atom. The summed E-state index contributed by atoms with van der Waals surface area (Å²) in [5, 5.41) is 13.0. The lowest BCUT2D eigenvalue weighted by molar-refractivity contribution is -0.138. The molecule has 1 amide bonds. The second-order valence-electron chi connectivity index (χ2n) is 8.82. The SMILES string of the molecule is CC1=CCC=C(CN(CC(=O)Nc2c(Cl)cc(Cl)cc2Cl)Cc2ccc(SC(C)(C)C(=O)O)cc2)O1. The molecule has 3 rings (SSSR count). The van der Waals surface area contributed by atoms with Crippen molar-refractivity contribution in [2.24, 2.45) is 0 Å². The minimum Gasteiger partial charge on any atom is -0.480 e. The normalized spacial score (nSPS) is 13.6. The summed E-state index contributed by atoms with van der Waals surface area (Å²) < 4.78 is 4.90. The first kappa shape index (κ1) is 28.4. The summed E-state index contributed by atoms with van der Waals surface area (Å²) in [5.74, 6) is 0.416. The molecule has 2 N–H and O–H groups in total. The maximum Gasteiger partial charge on any atom is 0.319 e. The number of ether oxygens (including phenoxy) is 1. The van der Waals surface area contributed by atoms with Crippen LogP contribution in [0.4, 0.5) is 5.69 Å². The second kappa shape index (κ2) is 12.4. The number of rotatable bonds is 10. The highest BCUT2D eigenvalue weighted by Crippen LogP contribution is 2.34.